The first-order chi connectivity index (χ1) is 8.36. The maximum absolute atomic E-state index is 5.16. The molecule has 0 N–H and O–H groups in total. The van der Waals surface area contributed by atoms with Gasteiger partial charge in [-0.2, -0.15) is 0 Å². The fraction of sp³-hybridized carbons (Fsp3) is 0.0667. The zero-order chi connectivity index (χ0) is 11.7. The molecule has 17 heavy (non-hydrogen) atoms. The summed E-state index contributed by atoms with van der Waals surface area (Å²) in [6.07, 6.45) is 0. The smallest absolute Gasteiger partial charge is 0.118 e. The van der Waals surface area contributed by atoms with Crippen molar-refractivity contribution in [2.75, 3.05) is 7.11 Å². The largest absolute Gasteiger partial charge is 0.497 e. The molecule has 0 spiro atoms. The second-order valence-electron chi connectivity index (χ2n) is 3.78. The fourth-order valence-electron chi connectivity index (χ4n) is 1.79. The standard InChI is InChI=1S/C15H11OS/c1-16-13-8-6-11(7-9-13)15-10-12-4-2-3-5-14(12)17-15/h2-9H,1H3. The first-order valence-electron chi connectivity index (χ1n) is 5.42. The van der Waals surface area contributed by atoms with Crippen LogP contribution in [0.2, 0.25) is 0 Å². The third kappa shape index (κ3) is 1.92. The molecule has 1 nitrogen and oxygen atoms in total. The molecule has 0 amide bonds. The monoisotopic (exact) mass is 239 g/mol. The topological polar surface area (TPSA) is 9.23 Å². The van der Waals surface area contributed by atoms with Crippen molar-refractivity contribution in [3.8, 4) is 16.2 Å². The van der Waals surface area contributed by atoms with Gasteiger partial charge in [-0.05, 0) is 35.9 Å². The van der Waals surface area contributed by atoms with Crippen LogP contribution < -0.4 is 4.74 Å². The van der Waals surface area contributed by atoms with Gasteiger partial charge in [-0.3, -0.25) is 0 Å². The SMILES string of the molecule is COc1ccc(-c2[c]c3ccccc3s2)cc1. The Morgan fingerprint density at radius 1 is 1.00 bits per heavy atom. The molecule has 83 valence electrons. The van der Waals surface area contributed by atoms with Crippen molar-refractivity contribution in [1.29, 1.82) is 0 Å². The minimum Gasteiger partial charge on any atom is -0.497 e. The molecule has 3 rings (SSSR count). The summed E-state index contributed by atoms with van der Waals surface area (Å²) in [6.45, 7) is 0. The van der Waals surface area contributed by atoms with Crippen LogP contribution in [0.3, 0.4) is 0 Å². The first kappa shape index (κ1) is 10.4. The number of fused-ring (bicyclic) bond motifs is 1. The number of hydrogen-bond donors (Lipinski definition) is 0. The molecule has 0 aliphatic rings. The first-order valence-corrected chi connectivity index (χ1v) is 6.24. The van der Waals surface area contributed by atoms with Gasteiger partial charge in [0, 0.05) is 21.0 Å². The molecule has 1 heterocycles. The number of hydrogen-bond acceptors (Lipinski definition) is 2. The molecule has 3 aromatic rings. The molecule has 0 saturated carbocycles. The predicted octanol–water partition coefficient (Wildman–Crippen LogP) is 4.38. The van der Waals surface area contributed by atoms with E-state index in [1.165, 1.54) is 20.5 Å². The van der Waals surface area contributed by atoms with Crippen molar-refractivity contribution in [2.24, 2.45) is 0 Å². The molecule has 0 atom stereocenters. The molecular weight excluding hydrogens is 228 g/mol. The highest BCUT2D eigenvalue weighted by Gasteiger charge is 2.04. The second-order valence-corrected chi connectivity index (χ2v) is 4.83. The maximum Gasteiger partial charge on any atom is 0.118 e. The van der Waals surface area contributed by atoms with Gasteiger partial charge in [0.15, 0.2) is 0 Å². The maximum atomic E-state index is 5.16. The van der Waals surface area contributed by atoms with E-state index in [1.807, 2.05) is 18.2 Å². The van der Waals surface area contributed by atoms with Gasteiger partial charge in [0.1, 0.15) is 5.75 Å². The van der Waals surface area contributed by atoms with Crippen LogP contribution in [0.1, 0.15) is 0 Å². The molecule has 1 radical (unpaired) electrons. The minimum atomic E-state index is 0.884. The lowest BCUT2D eigenvalue weighted by molar-refractivity contribution is 0.415. The van der Waals surface area contributed by atoms with Crippen LogP contribution >= 0.6 is 11.3 Å². The van der Waals surface area contributed by atoms with Crippen LogP contribution in [0, 0.1) is 6.07 Å². The Bertz CT molecular complexity index is 604. The van der Waals surface area contributed by atoms with E-state index in [0.29, 0.717) is 0 Å². The fourth-order valence-corrected chi connectivity index (χ4v) is 2.80. The number of methoxy groups -OCH3 is 1. The Labute approximate surface area is 104 Å². The van der Waals surface area contributed by atoms with Crippen molar-refractivity contribution in [3.63, 3.8) is 0 Å². The Morgan fingerprint density at radius 3 is 2.47 bits per heavy atom. The molecule has 0 aliphatic heterocycles. The number of thiophene rings is 1. The van der Waals surface area contributed by atoms with Crippen molar-refractivity contribution in [3.05, 3.63) is 54.6 Å². The zero-order valence-electron chi connectivity index (χ0n) is 9.44. The van der Waals surface area contributed by atoms with Crippen molar-refractivity contribution >= 4 is 21.4 Å². The average molecular weight is 239 g/mol. The minimum absolute atomic E-state index is 0.884. The Kier molecular flexibility index (Phi) is 2.57. The average Bonchev–Trinajstić information content (AvgIpc) is 2.82. The van der Waals surface area contributed by atoms with E-state index < -0.39 is 0 Å². The van der Waals surface area contributed by atoms with Crippen LogP contribution in [0.4, 0.5) is 0 Å². The number of ether oxygens (including phenoxy) is 1. The summed E-state index contributed by atoms with van der Waals surface area (Å²) in [6, 6.07) is 19.9. The Hall–Kier alpha value is -1.80. The van der Waals surface area contributed by atoms with Crippen LogP contribution in [0.25, 0.3) is 20.5 Å². The van der Waals surface area contributed by atoms with E-state index >= 15 is 0 Å². The quantitative estimate of drug-likeness (QED) is 0.645. The molecule has 0 fully saturated rings. The molecule has 0 saturated heterocycles. The highest BCUT2D eigenvalue weighted by atomic mass is 32.1. The van der Waals surface area contributed by atoms with Gasteiger partial charge in [-0.15, -0.1) is 11.3 Å². The van der Waals surface area contributed by atoms with E-state index in [4.69, 9.17) is 4.74 Å². The predicted molar refractivity (Wildman–Crippen MR) is 72.6 cm³/mol. The van der Waals surface area contributed by atoms with Crippen LogP contribution in [0.5, 0.6) is 5.75 Å². The second kappa shape index (κ2) is 4.22. The van der Waals surface area contributed by atoms with Crippen molar-refractivity contribution in [1.82, 2.24) is 0 Å². The van der Waals surface area contributed by atoms with Crippen molar-refractivity contribution in [2.45, 2.75) is 0 Å². The number of benzene rings is 2. The molecule has 0 unspecified atom stereocenters. The molecular formula is C15H11OS. The third-order valence-electron chi connectivity index (χ3n) is 2.70. The van der Waals surface area contributed by atoms with Gasteiger partial charge in [0.25, 0.3) is 0 Å². The van der Waals surface area contributed by atoms with Crippen LogP contribution in [-0.2, 0) is 0 Å². The van der Waals surface area contributed by atoms with E-state index in [0.717, 1.165) is 5.75 Å². The molecule has 0 bridgehead atoms. The van der Waals surface area contributed by atoms with Gasteiger partial charge in [-0.1, -0.05) is 18.2 Å². The van der Waals surface area contributed by atoms with Gasteiger partial charge in [-0.25, -0.2) is 0 Å². The lowest BCUT2D eigenvalue weighted by Crippen LogP contribution is -1.81. The Morgan fingerprint density at radius 2 is 1.76 bits per heavy atom. The number of rotatable bonds is 2. The van der Waals surface area contributed by atoms with Crippen LogP contribution in [0.15, 0.2) is 48.5 Å². The Balaban J connectivity index is 2.07. The van der Waals surface area contributed by atoms with Gasteiger partial charge >= 0.3 is 0 Å². The molecule has 1 aromatic heterocycles. The van der Waals surface area contributed by atoms with Gasteiger partial charge < -0.3 is 4.74 Å². The lowest BCUT2D eigenvalue weighted by atomic mass is 10.1. The summed E-state index contributed by atoms with van der Waals surface area (Å²) in [4.78, 5) is 1.17. The summed E-state index contributed by atoms with van der Waals surface area (Å²) in [7, 11) is 1.68. The summed E-state index contributed by atoms with van der Waals surface area (Å²) in [5, 5.41) is 1.18. The highest BCUT2D eigenvalue weighted by molar-refractivity contribution is 7.22. The summed E-state index contributed by atoms with van der Waals surface area (Å²) in [5.41, 5.74) is 1.19. The molecule has 2 aromatic carbocycles. The molecule has 0 aliphatic carbocycles. The zero-order valence-corrected chi connectivity index (χ0v) is 10.3. The van der Waals surface area contributed by atoms with Crippen molar-refractivity contribution < 1.29 is 4.74 Å². The highest BCUT2D eigenvalue weighted by Crippen LogP contribution is 2.33. The summed E-state index contributed by atoms with van der Waals surface area (Å²) in [5.74, 6) is 0.884. The third-order valence-corrected chi connectivity index (χ3v) is 3.82. The van der Waals surface area contributed by atoms with Crippen LogP contribution in [-0.4, -0.2) is 7.11 Å². The van der Waals surface area contributed by atoms with E-state index in [9.17, 15) is 0 Å². The normalized spacial score (nSPS) is 10.6. The van der Waals surface area contributed by atoms with Gasteiger partial charge in [0.2, 0.25) is 0 Å². The summed E-state index contributed by atoms with van der Waals surface area (Å²) < 4.78 is 6.43. The lowest BCUT2D eigenvalue weighted by Gasteiger charge is -2.00. The van der Waals surface area contributed by atoms with E-state index in [-0.39, 0.29) is 0 Å². The van der Waals surface area contributed by atoms with Gasteiger partial charge in [0.05, 0.1) is 7.11 Å². The van der Waals surface area contributed by atoms with E-state index in [2.05, 4.69) is 36.4 Å². The molecule has 2 heteroatoms. The summed E-state index contributed by atoms with van der Waals surface area (Å²) >= 11 is 1.77. The van der Waals surface area contributed by atoms with E-state index in [1.54, 1.807) is 18.4 Å².